The quantitative estimate of drug-likeness (QED) is 0.556. The van der Waals surface area contributed by atoms with Gasteiger partial charge in [-0.05, 0) is 64.0 Å². The Morgan fingerprint density at radius 1 is 1.19 bits per heavy atom. The second kappa shape index (κ2) is 9.27. The van der Waals surface area contributed by atoms with E-state index in [1.807, 2.05) is 30.3 Å². The van der Waals surface area contributed by atoms with Crippen molar-refractivity contribution in [3.8, 4) is 0 Å². The SMILES string of the molecule is CC(CCN[C@]1(S(N)(=O)=O)C=CC=C(C(F)(F)F)C1)(Sc1ccccc1)N1CCCC1. The molecular weight excluding hydrogens is 447 g/mol. The molecule has 0 aromatic heterocycles. The van der Waals surface area contributed by atoms with Crippen LogP contribution in [0.4, 0.5) is 13.2 Å². The topological polar surface area (TPSA) is 75.4 Å². The summed E-state index contributed by atoms with van der Waals surface area (Å²) < 4.78 is 64.4. The monoisotopic (exact) mass is 475 g/mol. The molecule has 1 saturated heterocycles. The molecule has 2 aliphatic rings. The number of benzene rings is 1. The van der Waals surface area contributed by atoms with Crippen molar-refractivity contribution in [1.82, 2.24) is 10.2 Å². The van der Waals surface area contributed by atoms with Gasteiger partial charge in [0.05, 0.1) is 4.87 Å². The Labute approximate surface area is 186 Å². The van der Waals surface area contributed by atoms with Gasteiger partial charge in [0.15, 0.2) is 4.87 Å². The minimum absolute atomic E-state index is 0.193. The summed E-state index contributed by atoms with van der Waals surface area (Å²) in [7, 11) is -4.34. The molecule has 2 atom stereocenters. The summed E-state index contributed by atoms with van der Waals surface area (Å²) in [6.45, 7) is 4.15. The van der Waals surface area contributed by atoms with Crippen LogP contribution in [0.1, 0.15) is 32.6 Å². The van der Waals surface area contributed by atoms with Gasteiger partial charge in [0, 0.05) is 16.9 Å². The first-order valence-corrected chi connectivity index (χ1v) is 12.5. The molecule has 5 nitrogen and oxygen atoms in total. The number of primary sulfonamides is 1. The molecule has 0 saturated carbocycles. The van der Waals surface area contributed by atoms with Crippen LogP contribution in [0.5, 0.6) is 0 Å². The van der Waals surface area contributed by atoms with Gasteiger partial charge in [-0.15, -0.1) is 11.8 Å². The summed E-state index contributed by atoms with van der Waals surface area (Å²) in [5, 5.41) is 8.26. The average Bonchev–Trinajstić information content (AvgIpc) is 3.23. The molecule has 31 heavy (non-hydrogen) atoms. The second-order valence-electron chi connectivity index (χ2n) is 8.12. The Hall–Kier alpha value is -1.33. The number of nitrogens with one attached hydrogen (secondary N) is 1. The Balaban J connectivity index is 1.77. The number of thioether (sulfide) groups is 1. The second-order valence-corrected chi connectivity index (χ2v) is 11.5. The third-order valence-corrected chi connectivity index (χ3v) is 8.71. The number of nitrogens with two attached hydrogens (primary N) is 1. The fraction of sp³-hybridized carbons (Fsp3) is 0.524. The highest BCUT2D eigenvalue weighted by Gasteiger charge is 2.47. The molecule has 1 aromatic rings. The third-order valence-electron chi connectivity index (χ3n) is 5.86. The lowest BCUT2D eigenvalue weighted by Crippen LogP contribution is -2.56. The highest BCUT2D eigenvalue weighted by molar-refractivity contribution is 8.00. The summed E-state index contributed by atoms with van der Waals surface area (Å²) in [4.78, 5) is 1.12. The predicted octanol–water partition coefficient (Wildman–Crippen LogP) is 4.00. The Morgan fingerprint density at radius 2 is 1.84 bits per heavy atom. The maximum atomic E-state index is 13.3. The lowest BCUT2D eigenvalue weighted by atomic mass is 9.99. The number of hydrogen-bond donors (Lipinski definition) is 2. The first-order valence-electron chi connectivity index (χ1n) is 10.2. The largest absolute Gasteiger partial charge is 0.412 e. The van der Waals surface area contributed by atoms with Crippen molar-refractivity contribution in [1.29, 1.82) is 0 Å². The average molecular weight is 476 g/mol. The Kier molecular flexibility index (Phi) is 7.27. The molecule has 1 heterocycles. The lowest BCUT2D eigenvalue weighted by molar-refractivity contribution is -0.0950. The third kappa shape index (κ3) is 5.73. The fourth-order valence-corrected chi connectivity index (χ4v) is 6.29. The standard InChI is InChI=1S/C21H28F3N3O2S2/c1-19(27-14-5-6-15-27,30-18-9-3-2-4-10-18)12-13-26-20(31(25,28)29)11-7-8-17(16-20)21(22,23)24/h2-4,7-11,26H,5-6,12-16H2,1H3,(H2,25,28,29)/t19?,20-/m0/s1. The van der Waals surface area contributed by atoms with E-state index in [4.69, 9.17) is 5.14 Å². The zero-order valence-electron chi connectivity index (χ0n) is 17.4. The maximum Gasteiger partial charge on any atom is 0.412 e. The first-order chi connectivity index (χ1) is 14.5. The number of hydrogen-bond acceptors (Lipinski definition) is 5. The van der Waals surface area contributed by atoms with Crippen LogP contribution in [-0.4, -0.2) is 48.9 Å². The molecule has 1 aromatic carbocycles. The summed E-state index contributed by atoms with van der Waals surface area (Å²) >= 11 is 1.68. The molecule has 172 valence electrons. The van der Waals surface area contributed by atoms with E-state index in [-0.39, 0.29) is 11.4 Å². The van der Waals surface area contributed by atoms with E-state index in [1.165, 1.54) is 6.08 Å². The van der Waals surface area contributed by atoms with Crippen molar-refractivity contribution in [3.63, 3.8) is 0 Å². The van der Waals surface area contributed by atoms with Crippen LogP contribution in [0.15, 0.2) is 59.0 Å². The van der Waals surface area contributed by atoms with E-state index in [1.54, 1.807) is 11.8 Å². The van der Waals surface area contributed by atoms with Crippen LogP contribution in [0.25, 0.3) is 0 Å². The molecule has 10 heteroatoms. The molecule has 3 N–H and O–H groups in total. The van der Waals surface area contributed by atoms with Crippen molar-refractivity contribution in [2.24, 2.45) is 5.14 Å². The van der Waals surface area contributed by atoms with E-state index < -0.39 is 33.1 Å². The van der Waals surface area contributed by atoms with Crippen LogP contribution in [0.2, 0.25) is 0 Å². The molecule has 1 fully saturated rings. The fourth-order valence-electron chi connectivity index (χ4n) is 4.04. The van der Waals surface area contributed by atoms with E-state index in [0.717, 1.165) is 43.0 Å². The van der Waals surface area contributed by atoms with E-state index >= 15 is 0 Å². The van der Waals surface area contributed by atoms with Crippen molar-refractivity contribution in [2.75, 3.05) is 19.6 Å². The number of rotatable bonds is 8. The molecule has 3 rings (SSSR count). The molecule has 0 bridgehead atoms. The number of likely N-dealkylation sites (tertiary alicyclic amines) is 1. The molecule has 1 aliphatic heterocycles. The van der Waals surface area contributed by atoms with Crippen LogP contribution >= 0.6 is 11.8 Å². The van der Waals surface area contributed by atoms with Crippen LogP contribution in [0, 0.1) is 0 Å². The van der Waals surface area contributed by atoms with Gasteiger partial charge in [0.25, 0.3) is 0 Å². The highest BCUT2D eigenvalue weighted by Crippen LogP contribution is 2.41. The Morgan fingerprint density at radius 3 is 2.42 bits per heavy atom. The minimum atomic E-state index is -4.62. The van der Waals surface area contributed by atoms with Crippen LogP contribution in [0.3, 0.4) is 0 Å². The lowest BCUT2D eigenvalue weighted by Gasteiger charge is -2.40. The minimum Gasteiger partial charge on any atom is -0.294 e. The van der Waals surface area contributed by atoms with Crippen molar-refractivity contribution in [3.05, 3.63) is 54.1 Å². The summed E-state index contributed by atoms with van der Waals surface area (Å²) in [6.07, 6.45) is 0.558. The summed E-state index contributed by atoms with van der Waals surface area (Å²) in [6, 6.07) is 9.89. The normalized spacial score (nSPS) is 24.7. The number of halogens is 3. The maximum absolute atomic E-state index is 13.3. The van der Waals surface area contributed by atoms with Crippen LogP contribution in [-0.2, 0) is 10.0 Å². The number of nitrogens with zero attached hydrogens (tertiary/aromatic N) is 1. The number of sulfonamides is 1. The van der Waals surface area contributed by atoms with Gasteiger partial charge >= 0.3 is 6.18 Å². The molecule has 1 aliphatic carbocycles. The molecule has 0 spiro atoms. The molecule has 0 amide bonds. The van der Waals surface area contributed by atoms with Crippen LogP contribution < -0.4 is 10.5 Å². The molecule has 1 unspecified atom stereocenters. The zero-order valence-corrected chi connectivity index (χ0v) is 19.0. The van der Waals surface area contributed by atoms with Gasteiger partial charge < -0.3 is 0 Å². The Bertz CT molecular complexity index is 929. The smallest absolute Gasteiger partial charge is 0.294 e. The van der Waals surface area contributed by atoms with Gasteiger partial charge in [-0.3, -0.25) is 10.2 Å². The summed E-state index contributed by atoms with van der Waals surface area (Å²) in [5.41, 5.74) is -0.919. The predicted molar refractivity (Wildman–Crippen MR) is 118 cm³/mol. The number of alkyl halides is 3. The highest BCUT2D eigenvalue weighted by atomic mass is 32.2. The number of allylic oxidation sites excluding steroid dienone is 2. The molecule has 0 radical (unpaired) electrons. The zero-order chi connectivity index (χ0) is 22.8. The summed E-state index contributed by atoms with van der Waals surface area (Å²) in [5.74, 6) is 0. The van der Waals surface area contributed by atoms with Gasteiger partial charge in [-0.2, -0.15) is 13.2 Å². The van der Waals surface area contributed by atoms with Gasteiger partial charge in [-0.25, -0.2) is 13.6 Å². The van der Waals surface area contributed by atoms with Crippen molar-refractivity contribution in [2.45, 2.75) is 53.4 Å². The van der Waals surface area contributed by atoms with Gasteiger partial charge in [0.2, 0.25) is 10.0 Å². The first kappa shape index (κ1) is 24.3. The van der Waals surface area contributed by atoms with Crippen molar-refractivity contribution < 1.29 is 21.6 Å². The van der Waals surface area contributed by atoms with Crippen molar-refractivity contribution >= 4 is 21.8 Å². The van der Waals surface area contributed by atoms with E-state index in [0.29, 0.717) is 6.42 Å². The van der Waals surface area contributed by atoms with Gasteiger partial charge in [0.1, 0.15) is 0 Å². The van der Waals surface area contributed by atoms with Gasteiger partial charge in [-0.1, -0.05) is 30.4 Å². The molecular formula is C21H28F3N3O2S2. The van der Waals surface area contributed by atoms with E-state index in [9.17, 15) is 21.6 Å². The van der Waals surface area contributed by atoms with E-state index in [2.05, 4.69) is 17.1 Å².